The molecule has 5 rings (SSSR count). The molecule has 18 heavy (non-hydrogen) atoms. The van der Waals surface area contributed by atoms with Crippen molar-refractivity contribution in [2.75, 3.05) is 13.1 Å². The summed E-state index contributed by atoms with van der Waals surface area (Å²) in [5, 5.41) is 6.67. The fourth-order valence-corrected chi connectivity index (χ4v) is 5.51. The summed E-state index contributed by atoms with van der Waals surface area (Å²) in [6, 6.07) is 0.394. The Kier molecular flexibility index (Phi) is 2.48. The summed E-state index contributed by atoms with van der Waals surface area (Å²) in [6.07, 6.45) is 8.91. The molecule has 0 aromatic carbocycles. The standard InChI is InChI=1S/C15H24N2O/c18-14(17-13-1-2-16-9-13)15-6-10-3-11(7-15)5-12(4-10)8-15/h10-13,16H,1-9H2,(H,17,18). The first-order valence-corrected chi connectivity index (χ1v) is 7.75. The summed E-state index contributed by atoms with van der Waals surface area (Å²) in [4.78, 5) is 12.7. The second kappa shape index (κ2) is 3.96. The lowest BCUT2D eigenvalue weighted by molar-refractivity contribution is -0.146. The van der Waals surface area contributed by atoms with E-state index in [9.17, 15) is 4.79 Å². The number of rotatable bonds is 2. The average Bonchev–Trinajstić information content (AvgIpc) is 2.79. The van der Waals surface area contributed by atoms with E-state index < -0.39 is 0 Å². The van der Waals surface area contributed by atoms with E-state index in [1.54, 1.807) is 0 Å². The van der Waals surface area contributed by atoms with E-state index in [0.717, 1.165) is 37.3 Å². The van der Waals surface area contributed by atoms with Crippen molar-refractivity contribution in [1.82, 2.24) is 10.6 Å². The smallest absolute Gasteiger partial charge is 0.226 e. The van der Waals surface area contributed by atoms with Crippen LogP contribution in [0.3, 0.4) is 0 Å². The number of carbonyl (C=O) groups excluding carboxylic acids is 1. The molecule has 100 valence electrons. The normalized spacial score (nSPS) is 49.6. The molecule has 1 heterocycles. The number of amides is 1. The van der Waals surface area contributed by atoms with Crippen LogP contribution in [0.4, 0.5) is 0 Å². The van der Waals surface area contributed by atoms with Gasteiger partial charge in [-0.3, -0.25) is 4.79 Å². The number of hydrogen-bond acceptors (Lipinski definition) is 2. The molecule has 1 saturated heterocycles. The second-order valence-electron chi connectivity index (χ2n) is 7.36. The first-order chi connectivity index (χ1) is 8.73. The van der Waals surface area contributed by atoms with Gasteiger partial charge in [0.25, 0.3) is 0 Å². The van der Waals surface area contributed by atoms with Crippen LogP contribution in [0.1, 0.15) is 44.9 Å². The molecule has 0 aromatic heterocycles. The van der Waals surface area contributed by atoms with Gasteiger partial charge in [0.05, 0.1) is 0 Å². The van der Waals surface area contributed by atoms with Crippen molar-refractivity contribution in [3.63, 3.8) is 0 Å². The molecule has 1 aliphatic heterocycles. The van der Waals surface area contributed by atoms with E-state index in [1.807, 2.05) is 0 Å². The van der Waals surface area contributed by atoms with E-state index in [1.165, 1.54) is 38.5 Å². The van der Waals surface area contributed by atoms with Crippen LogP contribution in [0.15, 0.2) is 0 Å². The van der Waals surface area contributed by atoms with Gasteiger partial charge >= 0.3 is 0 Å². The van der Waals surface area contributed by atoms with Crippen LogP contribution < -0.4 is 10.6 Å². The zero-order valence-electron chi connectivity index (χ0n) is 11.1. The quantitative estimate of drug-likeness (QED) is 0.780. The van der Waals surface area contributed by atoms with E-state index in [4.69, 9.17) is 0 Å². The lowest BCUT2D eigenvalue weighted by Crippen LogP contribution is -2.55. The fourth-order valence-electron chi connectivity index (χ4n) is 5.51. The fraction of sp³-hybridized carbons (Fsp3) is 0.933. The first kappa shape index (κ1) is 11.3. The molecule has 1 amide bonds. The third kappa shape index (κ3) is 1.70. The summed E-state index contributed by atoms with van der Waals surface area (Å²) in [7, 11) is 0. The Labute approximate surface area is 109 Å². The van der Waals surface area contributed by atoms with Gasteiger partial charge in [-0.25, -0.2) is 0 Å². The molecule has 5 fully saturated rings. The predicted molar refractivity (Wildman–Crippen MR) is 70.0 cm³/mol. The maximum Gasteiger partial charge on any atom is 0.226 e. The Hall–Kier alpha value is -0.570. The van der Waals surface area contributed by atoms with E-state index in [2.05, 4.69) is 10.6 Å². The molecule has 1 atom stereocenters. The van der Waals surface area contributed by atoms with Crippen molar-refractivity contribution in [3.05, 3.63) is 0 Å². The summed E-state index contributed by atoms with van der Waals surface area (Å²) >= 11 is 0. The highest BCUT2D eigenvalue weighted by molar-refractivity contribution is 5.83. The minimum absolute atomic E-state index is 0.0390. The van der Waals surface area contributed by atoms with Crippen LogP contribution in [0, 0.1) is 23.2 Å². The molecule has 3 nitrogen and oxygen atoms in total. The zero-order valence-corrected chi connectivity index (χ0v) is 11.1. The van der Waals surface area contributed by atoms with Crippen LogP contribution >= 0.6 is 0 Å². The molecule has 2 N–H and O–H groups in total. The lowest BCUT2D eigenvalue weighted by atomic mass is 9.49. The van der Waals surface area contributed by atoms with Crippen molar-refractivity contribution in [2.24, 2.45) is 23.2 Å². The highest BCUT2D eigenvalue weighted by Gasteiger charge is 2.54. The minimum atomic E-state index is 0.0390. The molecule has 4 aliphatic carbocycles. The van der Waals surface area contributed by atoms with E-state index in [0.29, 0.717) is 11.9 Å². The Balaban J connectivity index is 1.50. The highest BCUT2D eigenvalue weighted by atomic mass is 16.2. The van der Waals surface area contributed by atoms with Gasteiger partial charge in [0.2, 0.25) is 5.91 Å². The summed E-state index contributed by atoms with van der Waals surface area (Å²) in [5.41, 5.74) is 0.0390. The van der Waals surface area contributed by atoms with Gasteiger partial charge in [0, 0.05) is 18.0 Å². The van der Waals surface area contributed by atoms with Crippen molar-refractivity contribution in [1.29, 1.82) is 0 Å². The van der Waals surface area contributed by atoms with Crippen LogP contribution in [-0.2, 0) is 4.79 Å². The van der Waals surface area contributed by atoms with Crippen molar-refractivity contribution in [2.45, 2.75) is 51.0 Å². The summed E-state index contributed by atoms with van der Waals surface area (Å²) < 4.78 is 0. The minimum Gasteiger partial charge on any atom is -0.352 e. The number of carbonyl (C=O) groups is 1. The number of hydrogen-bond donors (Lipinski definition) is 2. The topological polar surface area (TPSA) is 41.1 Å². The van der Waals surface area contributed by atoms with Crippen LogP contribution in [0.5, 0.6) is 0 Å². The third-order valence-corrected chi connectivity index (χ3v) is 5.92. The molecule has 1 unspecified atom stereocenters. The van der Waals surface area contributed by atoms with Gasteiger partial charge in [-0.05, 0) is 69.2 Å². The first-order valence-electron chi connectivity index (χ1n) is 7.75. The molecule has 3 heteroatoms. The van der Waals surface area contributed by atoms with Gasteiger partial charge in [-0.1, -0.05) is 0 Å². The third-order valence-electron chi connectivity index (χ3n) is 5.92. The van der Waals surface area contributed by atoms with Crippen LogP contribution in [-0.4, -0.2) is 25.0 Å². The molecule has 0 radical (unpaired) electrons. The van der Waals surface area contributed by atoms with Gasteiger partial charge in [-0.2, -0.15) is 0 Å². The molecular weight excluding hydrogens is 224 g/mol. The second-order valence-corrected chi connectivity index (χ2v) is 7.36. The maximum absolute atomic E-state index is 12.7. The van der Waals surface area contributed by atoms with Gasteiger partial charge < -0.3 is 10.6 Å². The highest BCUT2D eigenvalue weighted by Crippen LogP contribution is 2.60. The average molecular weight is 248 g/mol. The zero-order chi connectivity index (χ0) is 12.2. The van der Waals surface area contributed by atoms with Crippen molar-refractivity contribution in [3.8, 4) is 0 Å². The Morgan fingerprint density at radius 2 is 1.67 bits per heavy atom. The predicted octanol–water partition coefficient (Wildman–Crippen LogP) is 1.68. The van der Waals surface area contributed by atoms with Crippen molar-refractivity contribution < 1.29 is 4.79 Å². The summed E-state index contributed by atoms with van der Waals surface area (Å²) in [6.45, 7) is 2.03. The van der Waals surface area contributed by atoms with Crippen LogP contribution in [0.2, 0.25) is 0 Å². The largest absolute Gasteiger partial charge is 0.352 e. The van der Waals surface area contributed by atoms with E-state index in [-0.39, 0.29) is 5.41 Å². The van der Waals surface area contributed by atoms with Crippen molar-refractivity contribution >= 4 is 5.91 Å². The maximum atomic E-state index is 12.7. The SMILES string of the molecule is O=C(NC1CCNC1)C12CC3CC(CC(C3)C1)C2. The van der Waals surface area contributed by atoms with E-state index >= 15 is 0 Å². The monoisotopic (exact) mass is 248 g/mol. The molecule has 0 spiro atoms. The number of nitrogens with one attached hydrogen (secondary N) is 2. The Bertz CT molecular complexity index is 324. The molecular formula is C15H24N2O. The molecule has 5 aliphatic rings. The lowest BCUT2D eigenvalue weighted by Gasteiger charge is -2.55. The summed E-state index contributed by atoms with van der Waals surface area (Å²) in [5.74, 6) is 2.99. The Morgan fingerprint density at radius 1 is 1.06 bits per heavy atom. The molecule has 0 aromatic rings. The van der Waals surface area contributed by atoms with Gasteiger partial charge in [-0.15, -0.1) is 0 Å². The Morgan fingerprint density at radius 3 is 2.17 bits per heavy atom. The van der Waals surface area contributed by atoms with Gasteiger partial charge in [0.15, 0.2) is 0 Å². The molecule has 4 bridgehead atoms. The van der Waals surface area contributed by atoms with Gasteiger partial charge in [0.1, 0.15) is 0 Å². The molecule has 4 saturated carbocycles. The van der Waals surface area contributed by atoms with Crippen LogP contribution in [0.25, 0.3) is 0 Å².